The Morgan fingerprint density at radius 3 is 2.57 bits per heavy atom. The lowest BCUT2D eigenvalue weighted by Gasteiger charge is -2.23. The number of nitrogens with one attached hydrogen (secondary N) is 1. The molecule has 3 aromatic rings. The van der Waals surface area contributed by atoms with Crippen molar-refractivity contribution >= 4 is 28.9 Å². The third kappa shape index (κ3) is 4.12. The van der Waals surface area contributed by atoms with Gasteiger partial charge in [-0.3, -0.25) is 0 Å². The van der Waals surface area contributed by atoms with Crippen LogP contribution in [0.4, 0.5) is 11.5 Å². The van der Waals surface area contributed by atoms with Crippen molar-refractivity contribution in [1.82, 2.24) is 14.6 Å². The average molecular weight is 397 g/mol. The number of benzene rings is 1. The second-order valence-electron chi connectivity index (χ2n) is 7.70. The SMILES string of the molecule is CSc1ccc(Nc2cc(OC3CCCCC3)nc3c(C(C)C)cnn23)cc1. The molecule has 0 atom stereocenters. The Hall–Kier alpha value is -2.21. The van der Waals surface area contributed by atoms with Crippen LogP contribution < -0.4 is 10.1 Å². The maximum absolute atomic E-state index is 6.29. The van der Waals surface area contributed by atoms with Crippen molar-refractivity contribution in [3.63, 3.8) is 0 Å². The van der Waals surface area contributed by atoms with E-state index < -0.39 is 0 Å². The zero-order valence-electron chi connectivity index (χ0n) is 16.8. The van der Waals surface area contributed by atoms with Crippen LogP contribution in [0, 0.1) is 0 Å². The van der Waals surface area contributed by atoms with Gasteiger partial charge in [0.05, 0.1) is 6.20 Å². The van der Waals surface area contributed by atoms with Gasteiger partial charge < -0.3 is 10.1 Å². The van der Waals surface area contributed by atoms with Crippen LogP contribution in [0.1, 0.15) is 57.4 Å². The minimum absolute atomic E-state index is 0.267. The summed E-state index contributed by atoms with van der Waals surface area (Å²) in [6.07, 6.45) is 10.3. The monoisotopic (exact) mass is 396 g/mol. The van der Waals surface area contributed by atoms with Crippen LogP contribution in [-0.4, -0.2) is 27.0 Å². The zero-order chi connectivity index (χ0) is 19.5. The van der Waals surface area contributed by atoms with Gasteiger partial charge in [0, 0.05) is 22.2 Å². The van der Waals surface area contributed by atoms with Gasteiger partial charge >= 0.3 is 0 Å². The molecule has 1 aliphatic carbocycles. The summed E-state index contributed by atoms with van der Waals surface area (Å²) in [5, 5.41) is 8.09. The average Bonchev–Trinajstić information content (AvgIpc) is 3.14. The summed E-state index contributed by atoms with van der Waals surface area (Å²) in [6, 6.07) is 10.4. The minimum atomic E-state index is 0.267. The highest BCUT2D eigenvalue weighted by atomic mass is 32.2. The lowest BCUT2D eigenvalue weighted by molar-refractivity contribution is 0.149. The smallest absolute Gasteiger partial charge is 0.219 e. The van der Waals surface area contributed by atoms with Crippen LogP contribution in [0.5, 0.6) is 5.88 Å². The molecule has 1 aromatic carbocycles. The van der Waals surface area contributed by atoms with Gasteiger partial charge in [0.2, 0.25) is 5.88 Å². The van der Waals surface area contributed by atoms with Gasteiger partial charge in [-0.05, 0) is 62.1 Å². The summed E-state index contributed by atoms with van der Waals surface area (Å²) in [5.41, 5.74) is 3.02. The number of thioether (sulfide) groups is 1. The van der Waals surface area contributed by atoms with Crippen LogP contribution >= 0.6 is 11.8 Å². The van der Waals surface area contributed by atoms with Gasteiger partial charge in [0.15, 0.2) is 5.65 Å². The molecule has 1 N–H and O–H groups in total. The Labute approximate surface area is 170 Å². The van der Waals surface area contributed by atoms with Crippen molar-refractivity contribution < 1.29 is 4.74 Å². The van der Waals surface area contributed by atoms with Crippen LogP contribution in [-0.2, 0) is 0 Å². The van der Waals surface area contributed by atoms with Crippen molar-refractivity contribution in [2.24, 2.45) is 0 Å². The van der Waals surface area contributed by atoms with E-state index in [1.807, 2.05) is 16.8 Å². The van der Waals surface area contributed by atoms with Crippen molar-refractivity contribution in [3.05, 3.63) is 42.1 Å². The second kappa shape index (κ2) is 8.43. The lowest BCUT2D eigenvalue weighted by atomic mass is 9.98. The quantitative estimate of drug-likeness (QED) is 0.516. The van der Waals surface area contributed by atoms with E-state index in [2.05, 4.69) is 54.8 Å². The summed E-state index contributed by atoms with van der Waals surface area (Å²) < 4.78 is 8.17. The van der Waals surface area contributed by atoms with Gasteiger partial charge in [-0.25, -0.2) is 0 Å². The Balaban J connectivity index is 1.69. The minimum Gasteiger partial charge on any atom is -0.474 e. The first-order valence-corrected chi connectivity index (χ1v) is 11.3. The van der Waals surface area contributed by atoms with E-state index in [9.17, 15) is 0 Å². The highest BCUT2D eigenvalue weighted by molar-refractivity contribution is 7.98. The van der Waals surface area contributed by atoms with Gasteiger partial charge in [-0.2, -0.15) is 14.6 Å². The predicted molar refractivity (Wildman–Crippen MR) is 116 cm³/mol. The van der Waals surface area contributed by atoms with E-state index in [-0.39, 0.29) is 6.10 Å². The Morgan fingerprint density at radius 2 is 1.89 bits per heavy atom. The van der Waals surface area contributed by atoms with Crippen LogP contribution in [0.3, 0.4) is 0 Å². The van der Waals surface area contributed by atoms with Gasteiger partial charge in [0.25, 0.3) is 0 Å². The molecule has 1 fully saturated rings. The van der Waals surface area contributed by atoms with Crippen molar-refractivity contribution in [3.8, 4) is 5.88 Å². The number of anilines is 2. The summed E-state index contributed by atoms with van der Waals surface area (Å²) in [6.45, 7) is 4.34. The van der Waals surface area contributed by atoms with Gasteiger partial charge in [-0.15, -0.1) is 11.8 Å². The second-order valence-corrected chi connectivity index (χ2v) is 8.58. The Kier molecular flexibility index (Phi) is 5.76. The Morgan fingerprint density at radius 1 is 1.14 bits per heavy atom. The molecule has 0 amide bonds. The van der Waals surface area contributed by atoms with E-state index in [0.29, 0.717) is 11.8 Å². The van der Waals surface area contributed by atoms with E-state index in [4.69, 9.17) is 9.72 Å². The molecular weight excluding hydrogens is 368 g/mol. The number of hydrogen-bond acceptors (Lipinski definition) is 5. The highest BCUT2D eigenvalue weighted by Gasteiger charge is 2.19. The first-order chi connectivity index (χ1) is 13.6. The van der Waals surface area contributed by atoms with Crippen LogP contribution in [0.15, 0.2) is 41.4 Å². The molecule has 0 radical (unpaired) electrons. The molecule has 6 heteroatoms. The topological polar surface area (TPSA) is 51.5 Å². The van der Waals surface area contributed by atoms with E-state index in [0.717, 1.165) is 35.6 Å². The van der Waals surface area contributed by atoms with E-state index in [1.54, 1.807) is 11.8 Å². The first-order valence-electron chi connectivity index (χ1n) is 10.1. The third-order valence-corrected chi connectivity index (χ3v) is 6.04. The molecular formula is C22H28N4OS. The van der Waals surface area contributed by atoms with Crippen molar-refractivity contribution in [1.29, 1.82) is 0 Å². The number of nitrogens with zero attached hydrogens (tertiary/aromatic N) is 3. The predicted octanol–water partition coefficient (Wildman–Crippen LogP) is 6.03. The summed E-state index contributed by atoms with van der Waals surface area (Å²) >= 11 is 1.74. The summed E-state index contributed by atoms with van der Waals surface area (Å²) in [7, 11) is 0. The molecule has 0 aliphatic heterocycles. The highest BCUT2D eigenvalue weighted by Crippen LogP contribution is 2.29. The number of rotatable bonds is 6. The molecule has 5 nitrogen and oxygen atoms in total. The lowest BCUT2D eigenvalue weighted by Crippen LogP contribution is -2.20. The number of fused-ring (bicyclic) bond motifs is 1. The zero-order valence-corrected chi connectivity index (χ0v) is 17.6. The molecule has 0 spiro atoms. The normalized spacial score (nSPS) is 15.3. The van der Waals surface area contributed by atoms with Gasteiger partial charge in [0.1, 0.15) is 11.9 Å². The molecule has 2 aromatic heterocycles. The number of aromatic nitrogens is 3. The molecule has 4 rings (SSSR count). The van der Waals surface area contributed by atoms with Crippen LogP contribution in [0.25, 0.3) is 5.65 Å². The maximum atomic E-state index is 6.29. The first kappa shape index (κ1) is 19.1. The molecule has 148 valence electrons. The molecule has 0 saturated heterocycles. The summed E-state index contributed by atoms with van der Waals surface area (Å²) in [4.78, 5) is 6.06. The molecule has 1 aliphatic rings. The fourth-order valence-corrected chi connectivity index (χ4v) is 4.10. The number of hydrogen-bond donors (Lipinski definition) is 1. The molecule has 0 unspecified atom stereocenters. The summed E-state index contributed by atoms with van der Waals surface area (Å²) in [5.74, 6) is 1.91. The van der Waals surface area contributed by atoms with Crippen molar-refractivity contribution in [2.75, 3.05) is 11.6 Å². The number of ether oxygens (including phenoxy) is 1. The van der Waals surface area contributed by atoms with E-state index in [1.165, 1.54) is 24.2 Å². The third-order valence-electron chi connectivity index (χ3n) is 5.30. The maximum Gasteiger partial charge on any atom is 0.219 e. The standard InChI is InChI=1S/C22H28N4OS/c1-15(2)19-14-23-26-20(24-16-9-11-18(28-3)12-10-16)13-21(25-22(19)26)27-17-7-5-4-6-8-17/h9-15,17,24H,4-8H2,1-3H3. The fourth-order valence-electron chi connectivity index (χ4n) is 3.69. The van der Waals surface area contributed by atoms with E-state index >= 15 is 0 Å². The van der Waals surface area contributed by atoms with Crippen molar-refractivity contribution in [2.45, 2.75) is 62.9 Å². The van der Waals surface area contributed by atoms with Gasteiger partial charge in [-0.1, -0.05) is 20.3 Å². The molecule has 1 saturated carbocycles. The van der Waals surface area contributed by atoms with Crippen LogP contribution in [0.2, 0.25) is 0 Å². The largest absolute Gasteiger partial charge is 0.474 e. The molecule has 28 heavy (non-hydrogen) atoms. The molecule has 2 heterocycles. The Bertz CT molecular complexity index is 930. The fraction of sp³-hybridized carbons (Fsp3) is 0.455. The molecule has 0 bridgehead atoms.